The number of ether oxygens (including phenoxy) is 2. The van der Waals surface area contributed by atoms with Crippen molar-refractivity contribution in [2.45, 2.75) is 53.1 Å². The number of nitrogens with zero attached hydrogens (tertiary/aromatic N) is 7. The van der Waals surface area contributed by atoms with E-state index in [2.05, 4.69) is 48.1 Å². The van der Waals surface area contributed by atoms with Crippen molar-refractivity contribution in [1.82, 2.24) is 24.5 Å². The van der Waals surface area contributed by atoms with E-state index in [1.54, 1.807) is 33.9 Å². The average molecular weight is 728 g/mol. The lowest BCUT2D eigenvalue weighted by Crippen LogP contribution is -2.50. The Bertz CT molecular complexity index is 1820. The van der Waals surface area contributed by atoms with Crippen molar-refractivity contribution in [2.75, 3.05) is 36.4 Å². The van der Waals surface area contributed by atoms with Crippen molar-refractivity contribution in [3.8, 4) is 11.5 Å². The second-order valence-electron chi connectivity index (χ2n) is 12.0. The molecule has 11 nitrogen and oxygen atoms in total. The molecule has 1 amide bonds. The third kappa shape index (κ3) is 8.58. The minimum Gasteiger partial charge on any atom is -0.455 e. The molecule has 0 bridgehead atoms. The van der Waals surface area contributed by atoms with Gasteiger partial charge in [-0.05, 0) is 73.8 Å². The summed E-state index contributed by atoms with van der Waals surface area (Å²) in [5.41, 5.74) is 1.48. The average Bonchev–Trinajstić information content (AvgIpc) is 3.49. The van der Waals surface area contributed by atoms with E-state index in [9.17, 15) is 4.79 Å². The fourth-order valence-corrected chi connectivity index (χ4v) is 5.68. The van der Waals surface area contributed by atoms with Crippen molar-refractivity contribution in [1.29, 1.82) is 0 Å². The summed E-state index contributed by atoms with van der Waals surface area (Å²) in [6.07, 6.45) is 8.21. The third-order valence-electron chi connectivity index (χ3n) is 7.12. The number of aryl methyl sites for hydroxylation is 1. The Balaban J connectivity index is 1.40. The molecule has 1 aliphatic heterocycles. The van der Waals surface area contributed by atoms with Gasteiger partial charge in [0.1, 0.15) is 40.8 Å². The number of aromatic nitrogens is 4. The Morgan fingerprint density at radius 2 is 1.96 bits per heavy atom. The van der Waals surface area contributed by atoms with Gasteiger partial charge in [0.25, 0.3) is 0 Å². The standard InChI is InChI=1S/C33H37BrClFN8O3/c1-6-7-8-10-37-30(40-26-18-24(35)27(19-25(26)36)46-22-9-11-44-28(17-22)38-20-39-44)29-21(2)16-23(34)31(41-29)42-12-14-43(15-13-42)32(45)47-33(3,4)5/h8-11,16-20H,6-7,12-15H2,1-5H3,(H,37,40)/b10-8+. The zero-order chi connectivity index (χ0) is 33.7. The highest BCUT2D eigenvalue weighted by Crippen LogP contribution is 2.35. The Morgan fingerprint density at radius 1 is 1.19 bits per heavy atom. The highest BCUT2D eigenvalue weighted by Gasteiger charge is 2.28. The monoisotopic (exact) mass is 726 g/mol. The predicted molar refractivity (Wildman–Crippen MR) is 185 cm³/mol. The molecule has 248 valence electrons. The van der Waals surface area contributed by atoms with Gasteiger partial charge in [-0.25, -0.2) is 28.7 Å². The molecule has 5 rings (SSSR count). The molecule has 4 heterocycles. The van der Waals surface area contributed by atoms with Crippen LogP contribution in [0.1, 0.15) is 51.8 Å². The summed E-state index contributed by atoms with van der Waals surface area (Å²) in [4.78, 5) is 30.2. The van der Waals surface area contributed by atoms with Crippen LogP contribution >= 0.6 is 27.5 Å². The Kier molecular flexibility index (Phi) is 10.7. The number of anilines is 2. The molecule has 4 aromatic rings. The van der Waals surface area contributed by atoms with E-state index in [-0.39, 0.29) is 22.6 Å². The van der Waals surface area contributed by atoms with Crippen molar-refractivity contribution in [2.24, 2.45) is 4.99 Å². The lowest BCUT2D eigenvalue weighted by atomic mass is 10.1. The normalized spacial score (nSPS) is 14.3. The number of amides is 1. The number of benzene rings is 1. The summed E-state index contributed by atoms with van der Waals surface area (Å²) in [5, 5.41) is 7.39. The number of pyridine rings is 2. The van der Waals surface area contributed by atoms with Gasteiger partial charge in [0.2, 0.25) is 0 Å². The van der Waals surface area contributed by atoms with E-state index < -0.39 is 11.4 Å². The van der Waals surface area contributed by atoms with E-state index >= 15 is 4.39 Å². The third-order valence-corrected chi connectivity index (χ3v) is 8.00. The Hall–Kier alpha value is -4.23. The number of carbonyl (C=O) groups excluding carboxylic acids is 1. The molecule has 1 fully saturated rings. The number of fused-ring (bicyclic) bond motifs is 1. The van der Waals surface area contributed by atoms with Crippen molar-refractivity contribution in [3.05, 3.63) is 81.7 Å². The lowest BCUT2D eigenvalue weighted by molar-refractivity contribution is 0.0240. The molecule has 1 aliphatic rings. The van der Waals surface area contributed by atoms with Crippen LogP contribution < -0.4 is 15.0 Å². The largest absolute Gasteiger partial charge is 0.455 e. The number of aliphatic imine (C=N–C) groups is 1. The highest BCUT2D eigenvalue weighted by atomic mass is 79.9. The number of hydrogen-bond acceptors (Lipinski definition) is 8. The lowest BCUT2D eigenvalue weighted by Gasteiger charge is -2.36. The van der Waals surface area contributed by atoms with Gasteiger partial charge in [-0.2, -0.15) is 5.10 Å². The zero-order valence-electron chi connectivity index (χ0n) is 26.9. The summed E-state index contributed by atoms with van der Waals surface area (Å²) < 4.78 is 29.4. The molecule has 0 spiro atoms. The number of hydrogen-bond donors (Lipinski definition) is 1. The number of nitrogens with one attached hydrogen (secondary N) is 1. The minimum absolute atomic E-state index is 0.106. The second kappa shape index (κ2) is 14.7. The van der Waals surface area contributed by atoms with Gasteiger partial charge in [-0.1, -0.05) is 31.0 Å². The van der Waals surface area contributed by atoms with Crippen LogP contribution in [0.15, 0.2) is 64.6 Å². The molecule has 1 N–H and O–H groups in total. The summed E-state index contributed by atoms with van der Waals surface area (Å²) >= 11 is 10.3. The summed E-state index contributed by atoms with van der Waals surface area (Å²) in [6, 6.07) is 8.00. The van der Waals surface area contributed by atoms with Crippen molar-refractivity contribution >= 4 is 56.6 Å². The van der Waals surface area contributed by atoms with Crippen LogP contribution in [0.25, 0.3) is 5.65 Å². The van der Waals surface area contributed by atoms with Crippen molar-refractivity contribution in [3.63, 3.8) is 0 Å². The van der Waals surface area contributed by atoms with E-state index in [1.807, 2.05) is 39.8 Å². The first-order valence-corrected chi connectivity index (χ1v) is 16.5. The molecule has 0 unspecified atom stereocenters. The summed E-state index contributed by atoms with van der Waals surface area (Å²) in [5.74, 6) is 1.02. The second-order valence-corrected chi connectivity index (χ2v) is 13.2. The van der Waals surface area contributed by atoms with Gasteiger partial charge in [0.15, 0.2) is 11.5 Å². The van der Waals surface area contributed by atoms with Crippen LogP contribution in [0, 0.1) is 12.7 Å². The first kappa shape index (κ1) is 34.1. The fraction of sp³-hybridized carbons (Fsp3) is 0.364. The first-order valence-electron chi connectivity index (χ1n) is 15.3. The van der Waals surface area contributed by atoms with Crippen LogP contribution in [-0.2, 0) is 4.74 Å². The number of piperazine rings is 1. The quantitative estimate of drug-likeness (QED) is 0.144. The summed E-state index contributed by atoms with van der Waals surface area (Å²) in [6.45, 7) is 11.6. The molecule has 0 aliphatic carbocycles. The molecule has 1 aromatic carbocycles. The van der Waals surface area contributed by atoms with Gasteiger partial charge in [0.05, 0.1) is 15.2 Å². The smallest absolute Gasteiger partial charge is 0.410 e. The summed E-state index contributed by atoms with van der Waals surface area (Å²) in [7, 11) is 0. The van der Waals surface area contributed by atoms with E-state index in [0.717, 1.165) is 22.9 Å². The van der Waals surface area contributed by atoms with E-state index in [0.29, 0.717) is 54.9 Å². The van der Waals surface area contributed by atoms with E-state index in [1.165, 1.54) is 18.5 Å². The van der Waals surface area contributed by atoms with Gasteiger partial charge >= 0.3 is 6.09 Å². The molecule has 47 heavy (non-hydrogen) atoms. The van der Waals surface area contributed by atoms with Crippen molar-refractivity contribution < 1.29 is 18.7 Å². The molecule has 0 radical (unpaired) electrons. The van der Waals surface area contributed by atoms with Gasteiger partial charge in [-0.3, -0.25) is 0 Å². The van der Waals surface area contributed by atoms with Crippen LogP contribution in [0.3, 0.4) is 0 Å². The van der Waals surface area contributed by atoms with Crippen LogP contribution in [-0.4, -0.2) is 68.2 Å². The maximum atomic E-state index is 15.6. The molecule has 0 saturated carbocycles. The molecular weight excluding hydrogens is 691 g/mol. The topological polar surface area (TPSA) is 109 Å². The van der Waals surface area contributed by atoms with Gasteiger partial charge in [-0.15, -0.1) is 0 Å². The molecular formula is C33H37BrClFN8O3. The maximum absolute atomic E-state index is 15.6. The number of halogens is 3. The SMILES string of the molecule is CCC/C=C/N=C(/Nc1cc(Cl)c(Oc2ccn3ncnc3c2)cc1F)c1nc(N2CCN(C(=O)OC(C)(C)C)CC2)c(Br)cc1C. The Labute approximate surface area is 286 Å². The molecule has 1 saturated heterocycles. The molecule has 14 heteroatoms. The number of rotatable bonds is 8. The number of allylic oxidation sites excluding steroid dienone is 1. The highest BCUT2D eigenvalue weighted by molar-refractivity contribution is 9.10. The van der Waals surface area contributed by atoms with Crippen LogP contribution in [0.5, 0.6) is 11.5 Å². The number of carbonyl (C=O) groups is 1. The van der Waals surface area contributed by atoms with Gasteiger partial charge < -0.3 is 24.6 Å². The van der Waals surface area contributed by atoms with Crippen LogP contribution in [0.2, 0.25) is 5.02 Å². The number of amidine groups is 1. The van der Waals surface area contributed by atoms with Crippen LogP contribution in [0.4, 0.5) is 20.7 Å². The fourth-order valence-electron chi connectivity index (χ4n) is 4.80. The minimum atomic E-state index is -0.591. The molecule has 3 aromatic heterocycles. The van der Waals surface area contributed by atoms with Gasteiger partial charge in [0, 0.05) is 50.7 Å². The number of unbranched alkanes of at least 4 members (excludes halogenated alkanes) is 1. The predicted octanol–water partition coefficient (Wildman–Crippen LogP) is 8.01. The van der Waals surface area contributed by atoms with E-state index in [4.69, 9.17) is 26.1 Å². The molecule has 0 atom stereocenters. The zero-order valence-corrected chi connectivity index (χ0v) is 29.3. The Morgan fingerprint density at radius 3 is 2.68 bits per heavy atom. The maximum Gasteiger partial charge on any atom is 0.410 e. The first-order chi connectivity index (χ1) is 22.4.